The fourth-order valence-corrected chi connectivity index (χ4v) is 4.35. The Morgan fingerprint density at radius 3 is 2.44 bits per heavy atom. The van der Waals surface area contributed by atoms with Crippen LogP contribution in [0.3, 0.4) is 0 Å². The Labute approximate surface area is 212 Å². The number of likely N-dealkylation sites (N-methyl/N-ethyl adjacent to an activating group) is 1. The first-order valence-electron chi connectivity index (χ1n) is 12.4. The molecule has 3 rings (SSSR count). The van der Waals surface area contributed by atoms with Crippen molar-refractivity contribution in [2.45, 2.75) is 89.8 Å². The average Bonchev–Trinajstić information content (AvgIpc) is 3.24. The standard InChI is InChI=1S/C27H37N3O6/c1-18(29(5)26(34)36-27(2,3)4)23(31)28-21-14-10-9-13-20-15-16-22(30(20)24(21)32)25(33)35-17-19-11-7-6-8-12-19/h6-12,18,20-22H,13-17H2,1-5H3,(H,28,31)/t18?,20-,21-,22-/m0/s1. The summed E-state index contributed by atoms with van der Waals surface area (Å²) in [5.41, 5.74) is 0.173. The smallest absolute Gasteiger partial charge is 0.410 e. The van der Waals surface area contributed by atoms with Gasteiger partial charge in [-0.05, 0) is 58.9 Å². The van der Waals surface area contributed by atoms with E-state index >= 15 is 0 Å². The number of esters is 1. The van der Waals surface area contributed by atoms with E-state index in [0.29, 0.717) is 25.7 Å². The Morgan fingerprint density at radius 2 is 1.78 bits per heavy atom. The molecule has 9 nitrogen and oxygen atoms in total. The summed E-state index contributed by atoms with van der Waals surface area (Å²) in [5, 5.41) is 2.78. The van der Waals surface area contributed by atoms with Crippen LogP contribution in [0.1, 0.15) is 58.9 Å². The van der Waals surface area contributed by atoms with E-state index in [0.717, 1.165) is 5.56 Å². The minimum atomic E-state index is -0.858. The van der Waals surface area contributed by atoms with Gasteiger partial charge >= 0.3 is 12.1 Å². The summed E-state index contributed by atoms with van der Waals surface area (Å²) in [6.45, 7) is 6.95. The number of carbonyl (C=O) groups is 4. The van der Waals surface area contributed by atoms with Gasteiger partial charge in [0.25, 0.3) is 0 Å². The summed E-state index contributed by atoms with van der Waals surface area (Å²) < 4.78 is 10.9. The summed E-state index contributed by atoms with van der Waals surface area (Å²) in [6, 6.07) is 6.84. The monoisotopic (exact) mass is 499 g/mol. The molecule has 4 atom stereocenters. The van der Waals surface area contributed by atoms with Gasteiger partial charge in [-0.15, -0.1) is 0 Å². The lowest BCUT2D eigenvalue weighted by Crippen LogP contribution is -2.57. The minimum absolute atomic E-state index is 0.135. The highest BCUT2D eigenvalue weighted by atomic mass is 16.6. The number of amides is 3. The zero-order chi connectivity index (χ0) is 26.5. The highest BCUT2D eigenvalue weighted by Gasteiger charge is 2.44. The molecular weight excluding hydrogens is 462 g/mol. The van der Waals surface area contributed by atoms with Crippen LogP contribution in [-0.4, -0.2) is 70.5 Å². The van der Waals surface area contributed by atoms with Crippen molar-refractivity contribution < 1.29 is 28.7 Å². The van der Waals surface area contributed by atoms with E-state index in [1.54, 1.807) is 32.6 Å². The number of rotatable bonds is 6. The Morgan fingerprint density at radius 1 is 1.11 bits per heavy atom. The van der Waals surface area contributed by atoms with E-state index in [-0.39, 0.29) is 18.6 Å². The van der Waals surface area contributed by atoms with E-state index < -0.39 is 41.7 Å². The molecule has 1 fully saturated rings. The van der Waals surface area contributed by atoms with Crippen molar-refractivity contribution in [2.24, 2.45) is 0 Å². The summed E-state index contributed by atoms with van der Waals surface area (Å²) in [4.78, 5) is 54.7. The topological polar surface area (TPSA) is 105 Å². The highest BCUT2D eigenvalue weighted by molar-refractivity contribution is 5.93. The third-order valence-corrected chi connectivity index (χ3v) is 6.46. The van der Waals surface area contributed by atoms with Crippen LogP contribution in [0.4, 0.5) is 4.79 Å². The second kappa shape index (κ2) is 11.6. The molecule has 0 aromatic heterocycles. The van der Waals surface area contributed by atoms with Crippen molar-refractivity contribution in [3.63, 3.8) is 0 Å². The van der Waals surface area contributed by atoms with E-state index in [1.165, 1.54) is 11.9 Å². The first kappa shape index (κ1) is 27.2. The molecule has 2 heterocycles. The van der Waals surface area contributed by atoms with E-state index in [2.05, 4.69) is 5.32 Å². The van der Waals surface area contributed by atoms with Gasteiger partial charge in [0.05, 0.1) is 0 Å². The first-order chi connectivity index (χ1) is 17.0. The van der Waals surface area contributed by atoms with Gasteiger partial charge in [0.1, 0.15) is 30.3 Å². The molecule has 1 N–H and O–H groups in total. The van der Waals surface area contributed by atoms with Crippen molar-refractivity contribution in [2.75, 3.05) is 7.05 Å². The Bertz CT molecular complexity index is 987. The molecule has 9 heteroatoms. The maximum absolute atomic E-state index is 13.6. The molecule has 0 aliphatic carbocycles. The summed E-state index contributed by atoms with van der Waals surface area (Å²) in [5.74, 6) is -1.24. The average molecular weight is 500 g/mol. The molecule has 196 valence electrons. The predicted molar refractivity (Wildman–Crippen MR) is 134 cm³/mol. The van der Waals surface area contributed by atoms with Crippen molar-refractivity contribution in [3.8, 4) is 0 Å². The molecule has 3 amide bonds. The number of nitrogens with one attached hydrogen (secondary N) is 1. The van der Waals surface area contributed by atoms with Gasteiger partial charge < -0.3 is 19.7 Å². The van der Waals surface area contributed by atoms with Gasteiger partial charge in [-0.25, -0.2) is 9.59 Å². The van der Waals surface area contributed by atoms with Gasteiger partial charge in [0.2, 0.25) is 11.8 Å². The lowest BCUT2D eigenvalue weighted by Gasteiger charge is -2.34. The van der Waals surface area contributed by atoms with Crippen LogP contribution < -0.4 is 5.32 Å². The third-order valence-electron chi connectivity index (χ3n) is 6.46. The Kier molecular flexibility index (Phi) is 8.76. The number of benzene rings is 1. The predicted octanol–water partition coefficient (Wildman–Crippen LogP) is 3.18. The quantitative estimate of drug-likeness (QED) is 0.476. The van der Waals surface area contributed by atoms with Gasteiger partial charge in [0.15, 0.2) is 0 Å². The largest absolute Gasteiger partial charge is 0.459 e. The first-order valence-corrected chi connectivity index (χ1v) is 12.4. The molecule has 1 unspecified atom stereocenters. The van der Waals surface area contributed by atoms with Gasteiger partial charge in [-0.1, -0.05) is 42.5 Å². The lowest BCUT2D eigenvalue weighted by atomic mass is 10.0. The second-order valence-corrected chi connectivity index (χ2v) is 10.4. The minimum Gasteiger partial charge on any atom is -0.459 e. The molecule has 2 aliphatic heterocycles. The fraction of sp³-hybridized carbons (Fsp3) is 0.556. The Hall–Kier alpha value is -3.36. The third kappa shape index (κ3) is 6.86. The molecular formula is C27H37N3O6. The molecule has 2 aliphatic rings. The van der Waals surface area contributed by atoms with E-state index in [4.69, 9.17) is 9.47 Å². The van der Waals surface area contributed by atoms with Gasteiger partial charge in [0, 0.05) is 13.1 Å². The number of carbonyl (C=O) groups excluding carboxylic acids is 4. The number of fused-ring (bicyclic) bond motifs is 1. The maximum Gasteiger partial charge on any atom is 0.410 e. The summed E-state index contributed by atoms with van der Waals surface area (Å²) >= 11 is 0. The molecule has 0 spiro atoms. The van der Waals surface area contributed by atoms with Gasteiger partial charge in [-0.2, -0.15) is 0 Å². The number of nitrogens with zero attached hydrogens (tertiary/aromatic N) is 2. The van der Waals surface area contributed by atoms with E-state index in [1.807, 2.05) is 42.5 Å². The SMILES string of the molecule is CC(C(=O)N[C@H]1CC=CC[C@H]2CC[C@@H](C(=O)OCc3ccccc3)N2C1=O)N(C)C(=O)OC(C)(C)C. The molecule has 1 saturated heterocycles. The van der Waals surface area contributed by atoms with Crippen LogP contribution in [0.2, 0.25) is 0 Å². The van der Waals surface area contributed by atoms with Crippen molar-refractivity contribution >= 4 is 23.9 Å². The molecule has 0 saturated carbocycles. The van der Waals surface area contributed by atoms with Crippen molar-refractivity contribution in [1.82, 2.24) is 15.1 Å². The lowest BCUT2D eigenvalue weighted by molar-refractivity contribution is -0.156. The van der Waals surface area contributed by atoms with Crippen molar-refractivity contribution in [1.29, 1.82) is 0 Å². The molecule has 1 aromatic carbocycles. The Balaban J connectivity index is 1.67. The van der Waals surface area contributed by atoms with Crippen molar-refractivity contribution in [3.05, 3.63) is 48.0 Å². The summed E-state index contributed by atoms with van der Waals surface area (Å²) in [6.07, 6.45) is 5.36. The molecule has 1 aromatic rings. The zero-order valence-electron chi connectivity index (χ0n) is 21.7. The maximum atomic E-state index is 13.6. The molecule has 0 radical (unpaired) electrons. The van der Waals surface area contributed by atoms with Crippen LogP contribution in [0, 0.1) is 0 Å². The molecule has 36 heavy (non-hydrogen) atoms. The van der Waals surface area contributed by atoms with Crippen LogP contribution in [0.5, 0.6) is 0 Å². The summed E-state index contributed by atoms with van der Waals surface area (Å²) in [7, 11) is 1.48. The number of hydrogen-bond acceptors (Lipinski definition) is 6. The second-order valence-electron chi connectivity index (χ2n) is 10.4. The molecule has 0 bridgehead atoms. The van der Waals surface area contributed by atoms with Gasteiger partial charge in [-0.3, -0.25) is 14.5 Å². The normalized spacial score (nSPS) is 22.6. The van der Waals surface area contributed by atoms with Crippen LogP contribution >= 0.6 is 0 Å². The number of ether oxygens (including phenoxy) is 2. The van der Waals surface area contributed by atoms with Crippen LogP contribution in [0.25, 0.3) is 0 Å². The van der Waals surface area contributed by atoms with Crippen LogP contribution in [-0.2, 0) is 30.5 Å². The fourth-order valence-electron chi connectivity index (χ4n) is 4.35. The highest BCUT2D eigenvalue weighted by Crippen LogP contribution is 2.30. The van der Waals surface area contributed by atoms with E-state index in [9.17, 15) is 19.2 Å². The van der Waals surface area contributed by atoms with Crippen LogP contribution in [0.15, 0.2) is 42.5 Å². The number of hydrogen-bond donors (Lipinski definition) is 1. The zero-order valence-corrected chi connectivity index (χ0v) is 21.7.